The fourth-order valence-corrected chi connectivity index (χ4v) is 1.49. The van der Waals surface area contributed by atoms with Crippen LogP contribution in [0.2, 0.25) is 0 Å². The van der Waals surface area contributed by atoms with E-state index in [0.29, 0.717) is 13.0 Å². The molecule has 0 spiro atoms. The van der Waals surface area contributed by atoms with Crippen molar-refractivity contribution in [2.24, 2.45) is 5.73 Å². The molecule has 0 unspecified atom stereocenters. The molecule has 112 valence electrons. The molecule has 7 heteroatoms. The number of aryl methyl sites for hydroxylation is 1. The number of anilines is 1. The van der Waals surface area contributed by atoms with Crippen LogP contribution in [0.15, 0.2) is 18.2 Å². The second-order valence-electron chi connectivity index (χ2n) is 4.34. The van der Waals surface area contributed by atoms with Crippen LogP contribution < -0.4 is 15.8 Å². The molecule has 3 N–H and O–H groups in total. The summed E-state index contributed by atoms with van der Waals surface area (Å²) in [4.78, 5) is 11.6. The molecule has 0 bridgehead atoms. The van der Waals surface area contributed by atoms with Crippen molar-refractivity contribution in [2.75, 3.05) is 18.5 Å². The molecule has 0 fully saturated rings. The van der Waals surface area contributed by atoms with E-state index >= 15 is 0 Å². The Morgan fingerprint density at radius 3 is 2.70 bits per heavy atom. The lowest BCUT2D eigenvalue weighted by Gasteiger charge is -2.14. The highest BCUT2D eigenvalue weighted by Crippen LogP contribution is 2.28. The normalized spacial score (nSPS) is 11.2. The van der Waals surface area contributed by atoms with Crippen molar-refractivity contribution in [2.45, 2.75) is 25.9 Å². The third-order valence-electron chi connectivity index (χ3n) is 2.41. The maximum absolute atomic E-state index is 12.2. The summed E-state index contributed by atoms with van der Waals surface area (Å²) in [5.41, 5.74) is 6.25. The van der Waals surface area contributed by atoms with Crippen LogP contribution in [0.5, 0.6) is 5.75 Å². The van der Waals surface area contributed by atoms with Gasteiger partial charge in [-0.25, -0.2) is 0 Å². The summed E-state index contributed by atoms with van der Waals surface area (Å²) in [5, 5.41) is 2.52. The number of benzene rings is 1. The minimum atomic E-state index is -4.43. The Kier molecular flexibility index (Phi) is 5.82. The monoisotopic (exact) mass is 290 g/mol. The highest BCUT2D eigenvalue weighted by atomic mass is 19.4. The minimum absolute atomic E-state index is 0.00317. The third kappa shape index (κ3) is 5.92. The van der Waals surface area contributed by atoms with Crippen LogP contribution in [-0.4, -0.2) is 25.2 Å². The standard InChI is InChI=1S/C13H17F3N2O2/c1-9-4-5-10(18-12(19)3-2-6-17)11(7-9)20-8-13(14,15)16/h4-5,7H,2-3,6,8,17H2,1H3,(H,18,19). The fourth-order valence-electron chi connectivity index (χ4n) is 1.49. The third-order valence-corrected chi connectivity index (χ3v) is 2.41. The SMILES string of the molecule is Cc1ccc(NC(=O)CCCN)c(OCC(F)(F)F)c1. The lowest BCUT2D eigenvalue weighted by atomic mass is 10.2. The number of nitrogens with one attached hydrogen (secondary N) is 1. The van der Waals surface area contributed by atoms with Gasteiger partial charge in [0.05, 0.1) is 5.69 Å². The average Bonchev–Trinajstić information content (AvgIpc) is 2.35. The van der Waals surface area contributed by atoms with E-state index in [2.05, 4.69) is 5.32 Å². The molecule has 0 radical (unpaired) electrons. The van der Waals surface area contributed by atoms with Gasteiger partial charge in [0.25, 0.3) is 0 Å². The summed E-state index contributed by atoms with van der Waals surface area (Å²) in [6, 6.07) is 4.64. The van der Waals surface area contributed by atoms with E-state index in [0.717, 1.165) is 5.56 Å². The first-order valence-electron chi connectivity index (χ1n) is 6.12. The Balaban J connectivity index is 2.76. The van der Waals surface area contributed by atoms with Crippen LogP contribution in [0, 0.1) is 6.92 Å². The van der Waals surface area contributed by atoms with Crippen LogP contribution in [0.3, 0.4) is 0 Å². The first-order chi connectivity index (χ1) is 9.31. The zero-order valence-corrected chi connectivity index (χ0v) is 11.1. The van der Waals surface area contributed by atoms with Crippen molar-refractivity contribution in [1.29, 1.82) is 0 Å². The highest BCUT2D eigenvalue weighted by Gasteiger charge is 2.29. The molecular formula is C13H17F3N2O2. The molecule has 0 atom stereocenters. The Morgan fingerprint density at radius 2 is 2.10 bits per heavy atom. The second kappa shape index (κ2) is 7.14. The lowest BCUT2D eigenvalue weighted by molar-refractivity contribution is -0.153. The van der Waals surface area contributed by atoms with Crippen molar-refractivity contribution >= 4 is 11.6 Å². The number of rotatable bonds is 6. The molecule has 0 aliphatic heterocycles. The summed E-state index contributed by atoms with van der Waals surface area (Å²) in [7, 11) is 0. The van der Waals surface area contributed by atoms with Crippen LogP contribution >= 0.6 is 0 Å². The maximum Gasteiger partial charge on any atom is 0.422 e. The van der Waals surface area contributed by atoms with Gasteiger partial charge in [0.1, 0.15) is 5.75 Å². The van der Waals surface area contributed by atoms with Gasteiger partial charge in [0.2, 0.25) is 5.91 Å². The zero-order chi connectivity index (χ0) is 15.2. The van der Waals surface area contributed by atoms with Crippen molar-refractivity contribution in [1.82, 2.24) is 0 Å². The Labute approximate surface area is 115 Å². The zero-order valence-electron chi connectivity index (χ0n) is 11.1. The number of amides is 1. The Hall–Kier alpha value is -1.76. The number of ether oxygens (including phenoxy) is 1. The quantitative estimate of drug-likeness (QED) is 0.846. The number of hydrogen-bond acceptors (Lipinski definition) is 3. The van der Waals surface area contributed by atoms with Crippen LogP contribution in [0.1, 0.15) is 18.4 Å². The molecule has 0 aliphatic rings. The van der Waals surface area contributed by atoms with Crippen LogP contribution in [0.25, 0.3) is 0 Å². The van der Waals surface area contributed by atoms with Gasteiger partial charge in [0, 0.05) is 6.42 Å². The summed E-state index contributed by atoms with van der Waals surface area (Å²) in [5.74, 6) is -0.306. The van der Waals surface area contributed by atoms with E-state index in [9.17, 15) is 18.0 Å². The molecule has 1 rings (SSSR count). The average molecular weight is 290 g/mol. The van der Waals surface area contributed by atoms with E-state index in [-0.39, 0.29) is 23.8 Å². The fraction of sp³-hybridized carbons (Fsp3) is 0.462. The van der Waals surface area contributed by atoms with Crippen LogP contribution in [0.4, 0.5) is 18.9 Å². The molecule has 1 aromatic carbocycles. The Bertz CT molecular complexity index is 461. The topological polar surface area (TPSA) is 64.4 Å². The molecule has 0 aliphatic carbocycles. The van der Waals surface area contributed by atoms with Crippen molar-refractivity contribution < 1.29 is 22.7 Å². The van der Waals surface area contributed by atoms with Gasteiger partial charge >= 0.3 is 6.18 Å². The largest absolute Gasteiger partial charge is 0.482 e. The molecule has 4 nitrogen and oxygen atoms in total. The van der Waals surface area contributed by atoms with Gasteiger partial charge in [-0.3, -0.25) is 4.79 Å². The van der Waals surface area contributed by atoms with Gasteiger partial charge in [-0.15, -0.1) is 0 Å². The first kappa shape index (κ1) is 16.3. The molecule has 0 heterocycles. The van der Waals surface area contributed by atoms with Gasteiger partial charge in [-0.2, -0.15) is 13.2 Å². The van der Waals surface area contributed by atoms with E-state index < -0.39 is 12.8 Å². The van der Waals surface area contributed by atoms with Gasteiger partial charge in [-0.1, -0.05) is 6.07 Å². The predicted molar refractivity (Wildman–Crippen MR) is 69.6 cm³/mol. The molecule has 0 saturated carbocycles. The van der Waals surface area contributed by atoms with Crippen LogP contribution in [-0.2, 0) is 4.79 Å². The number of carbonyl (C=O) groups is 1. The second-order valence-corrected chi connectivity index (χ2v) is 4.34. The number of halogens is 3. The van der Waals surface area contributed by atoms with E-state index in [1.807, 2.05) is 0 Å². The molecule has 0 aromatic heterocycles. The number of nitrogens with two attached hydrogens (primary N) is 1. The maximum atomic E-state index is 12.2. The number of carbonyl (C=O) groups excluding carboxylic acids is 1. The molecule has 0 saturated heterocycles. The van der Waals surface area contributed by atoms with E-state index in [1.165, 1.54) is 12.1 Å². The van der Waals surface area contributed by atoms with Gasteiger partial charge < -0.3 is 15.8 Å². The summed E-state index contributed by atoms with van der Waals surface area (Å²) < 4.78 is 41.3. The number of hydrogen-bond donors (Lipinski definition) is 2. The van der Waals surface area contributed by atoms with Gasteiger partial charge in [-0.05, 0) is 37.6 Å². The lowest BCUT2D eigenvalue weighted by Crippen LogP contribution is -2.20. The van der Waals surface area contributed by atoms with Crippen molar-refractivity contribution in [3.8, 4) is 5.75 Å². The minimum Gasteiger partial charge on any atom is -0.482 e. The smallest absolute Gasteiger partial charge is 0.422 e. The van der Waals surface area contributed by atoms with E-state index in [4.69, 9.17) is 10.5 Å². The molecule has 20 heavy (non-hydrogen) atoms. The van der Waals surface area contributed by atoms with E-state index in [1.54, 1.807) is 13.0 Å². The van der Waals surface area contributed by atoms with Crippen molar-refractivity contribution in [3.05, 3.63) is 23.8 Å². The summed E-state index contributed by atoms with van der Waals surface area (Å²) in [6.45, 7) is 0.696. The Morgan fingerprint density at radius 1 is 1.40 bits per heavy atom. The molecular weight excluding hydrogens is 273 g/mol. The number of alkyl halides is 3. The summed E-state index contributed by atoms with van der Waals surface area (Å²) in [6.07, 6.45) is -3.70. The molecule has 1 aromatic rings. The van der Waals surface area contributed by atoms with Gasteiger partial charge in [0.15, 0.2) is 6.61 Å². The summed E-state index contributed by atoms with van der Waals surface area (Å²) >= 11 is 0. The first-order valence-corrected chi connectivity index (χ1v) is 6.12. The van der Waals surface area contributed by atoms with Crippen molar-refractivity contribution in [3.63, 3.8) is 0 Å². The predicted octanol–water partition coefficient (Wildman–Crippen LogP) is 2.61. The molecule has 1 amide bonds. The highest BCUT2D eigenvalue weighted by molar-refractivity contribution is 5.92.